The van der Waals surface area contributed by atoms with Crippen molar-refractivity contribution in [1.29, 1.82) is 0 Å². The van der Waals surface area contributed by atoms with Gasteiger partial charge < -0.3 is 9.47 Å². The third kappa shape index (κ3) is 3.83. The third-order valence-corrected chi connectivity index (χ3v) is 6.95. The van der Waals surface area contributed by atoms with Crippen molar-refractivity contribution in [1.82, 2.24) is 29.4 Å². The van der Waals surface area contributed by atoms with Gasteiger partial charge in [0.15, 0.2) is 17.3 Å². The van der Waals surface area contributed by atoms with Crippen LogP contribution < -0.4 is 19.6 Å². The second kappa shape index (κ2) is 8.68. The first-order valence-electron chi connectivity index (χ1n) is 11.6. The van der Waals surface area contributed by atoms with Crippen molar-refractivity contribution in [3.63, 3.8) is 0 Å². The number of thiazole rings is 1. The fourth-order valence-corrected chi connectivity index (χ4v) is 5.12. The molecule has 0 amide bonds. The van der Waals surface area contributed by atoms with Crippen LogP contribution in [0, 0.1) is 0 Å². The minimum absolute atomic E-state index is 0.228. The van der Waals surface area contributed by atoms with Crippen LogP contribution >= 0.6 is 11.3 Å². The summed E-state index contributed by atoms with van der Waals surface area (Å²) in [6, 6.07) is 19.2. The van der Waals surface area contributed by atoms with E-state index in [1.54, 1.807) is 17.1 Å². The highest BCUT2D eigenvalue weighted by atomic mass is 32.1. The van der Waals surface area contributed by atoms with Crippen molar-refractivity contribution in [3.05, 3.63) is 99.7 Å². The predicted octanol–water partition coefficient (Wildman–Crippen LogP) is 3.38. The summed E-state index contributed by atoms with van der Waals surface area (Å²) in [4.78, 5) is 22.4. The molecular weight excluding hydrogens is 488 g/mol. The zero-order valence-electron chi connectivity index (χ0n) is 19.3. The number of hydrogen-bond donors (Lipinski definition) is 0. The Morgan fingerprint density at radius 1 is 0.892 bits per heavy atom. The molecule has 7 rings (SSSR count). The van der Waals surface area contributed by atoms with Crippen LogP contribution in [0.1, 0.15) is 5.56 Å². The second-order valence-corrected chi connectivity index (χ2v) is 9.36. The molecule has 6 aromatic rings. The van der Waals surface area contributed by atoms with Gasteiger partial charge in [0.05, 0.1) is 10.2 Å². The molecule has 0 saturated heterocycles. The molecule has 0 spiro atoms. The first-order chi connectivity index (χ1) is 18.2. The number of benzene rings is 2. The summed E-state index contributed by atoms with van der Waals surface area (Å²) in [6.07, 6.45) is 7.10. The monoisotopic (exact) mass is 506 g/mol. The Labute approximate surface area is 213 Å². The standard InChI is InChI=1S/C27H18N6O3S/c34-26-23(37-27-29-25(31-33(26)27)17-8-10-28-11-9-17)15-19-16-32(20-4-2-1-3-5-20)30-24(19)18-6-7-21-22(14-18)36-13-12-35-21/h1-11,14-16H,12-13H2/b23-15-. The fraction of sp³-hybridized carbons (Fsp3) is 0.0741. The van der Waals surface area contributed by atoms with Crippen LogP contribution in [-0.2, 0) is 0 Å². The van der Waals surface area contributed by atoms with Gasteiger partial charge in [-0.05, 0) is 48.5 Å². The molecule has 180 valence electrons. The van der Waals surface area contributed by atoms with E-state index in [-0.39, 0.29) is 5.56 Å². The lowest BCUT2D eigenvalue weighted by atomic mass is 10.1. The summed E-state index contributed by atoms with van der Waals surface area (Å²) in [5.41, 5.74) is 3.85. The molecule has 0 radical (unpaired) electrons. The maximum Gasteiger partial charge on any atom is 0.291 e. The Balaban J connectivity index is 1.37. The van der Waals surface area contributed by atoms with Gasteiger partial charge in [-0.15, -0.1) is 5.10 Å². The van der Waals surface area contributed by atoms with Crippen molar-refractivity contribution < 1.29 is 9.47 Å². The molecule has 5 heterocycles. The topological polar surface area (TPSA) is 96.4 Å². The zero-order chi connectivity index (χ0) is 24.8. The second-order valence-electron chi connectivity index (χ2n) is 8.35. The van der Waals surface area contributed by atoms with Gasteiger partial charge in [-0.1, -0.05) is 29.5 Å². The lowest BCUT2D eigenvalue weighted by Crippen LogP contribution is -2.23. The van der Waals surface area contributed by atoms with Gasteiger partial charge in [-0.2, -0.15) is 14.6 Å². The molecule has 0 bridgehead atoms. The van der Waals surface area contributed by atoms with E-state index >= 15 is 0 Å². The number of hydrogen-bond acceptors (Lipinski definition) is 8. The fourth-order valence-electron chi connectivity index (χ4n) is 4.22. The van der Waals surface area contributed by atoms with Crippen LogP contribution in [0.5, 0.6) is 11.5 Å². The first-order valence-corrected chi connectivity index (χ1v) is 12.4. The molecule has 0 saturated carbocycles. The number of nitrogens with zero attached hydrogens (tertiary/aromatic N) is 6. The van der Waals surface area contributed by atoms with Crippen molar-refractivity contribution in [2.24, 2.45) is 0 Å². The van der Waals surface area contributed by atoms with E-state index in [1.807, 2.05) is 72.9 Å². The van der Waals surface area contributed by atoms with Gasteiger partial charge >= 0.3 is 0 Å². The number of ether oxygens (including phenoxy) is 2. The smallest absolute Gasteiger partial charge is 0.291 e. The summed E-state index contributed by atoms with van der Waals surface area (Å²) in [5.74, 6) is 1.88. The maximum atomic E-state index is 13.3. The highest BCUT2D eigenvalue weighted by molar-refractivity contribution is 7.15. The number of aromatic nitrogens is 6. The SMILES string of the molecule is O=c1/c(=C/c2cn(-c3ccccc3)nc2-c2ccc3c(c2)OCCO3)sc2nc(-c3ccncc3)nn12. The summed E-state index contributed by atoms with van der Waals surface area (Å²) < 4.78 is 15.1. The van der Waals surface area contributed by atoms with E-state index < -0.39 is 0 Å². The molecule has 9 nitrogen and oxygen atoms in total. The van der Waals surface area contributed by atoms with Crippen molar-refractivity contribution in [2.75, 3.05) is 13.2 Å². The van der Waals surface area contributed by atoms with E-state index in [2.05, 4.69) is 15.1 Å². The summed E-state index contributed by atoms with van der Waals surface area (Å²) in [6.45, 7) is 1.02. The van der Waals surface area contributed by atoms with Crippen LogP contribution in [0.4, 0.5) is 0 Å². The van der Waals surface area contributed by atoms with Crippen LogP contribution in [0.3, 0.4) is 0 Å². The van der Waals surface area contributed by atoms with Crippen LogP contribution in [0.15, 0.2) is 84.0 Å². The van der Waals surface area contributed by atoms with Gasteiger partial charge in [0.25, 0.3) is 5.56 Å². The number of pyridine rings is 1. The molecule has 0 atom stereocenters. The predicted molar refractivity (Wildman–Crippen MR) is 139 cm³/mol. The molecule has 10 heteroatoms. The number of para-hydroxylation sites is 1. The summed E-state index contributed by atoms with van der Waals surface area (Å²) in [5, 5.41) is 9.30. The highest BCUT2D eigenvalue weighted by Crippen LogP contribution is 2.35. The molecule has 4 aromatic heterocycles. The Hall–Kier alpha value is -4.83. The van der Waals surface area contributed by atoms with E-state index in [1.165, 1.54) is 15.9 Å². The Bertz CT molecular complexity index is 1860. The molecule has 0 aliphatic carbocycles. The Morgan fingerprint density at radius 3 is 2.51 bits per heavy atom. The lowest BCUT2D eigenvalue weighted by Gasteiger charge is -2.18. The highest BCUT2D eigenvalue weighted by Gasteiger charge is 2.18. The van der Waals surface area contributed by atoms with E-state index in [9.17, 15) is 4.79 Å². The van der Waals surface area contributed by atoms with E-state index in [0.29, 0.717) is 40.0 Å². The molecule has 37 heavy (non-hydrogen) atoms. The Kier molecular flexibility index (Phi) is 5.03. The van der Waals surface area contributed by atoms with Crippen molar-refractivity contribution >= 4 is 22.4 Å². The number of fused-ring (bicyclic) bond motifs is 2. The van der Waals surface area contributed by atoms with Crippen molar-refractivity contribution in [2.45, 2.75) is 0 Å². The molecule has 0 fully saturated rings. The van der Waals surface area contributed by atoms with Crippen molar-refractivity contribution in [3.8, 4) is 39.8 Å². The van der Waals surface area contributed by atoms with Gasteiger partial charge in [-0.25, -0.2) is 4.68 Å². The van der Waals surface area contributed by atoms with Gasteiger partial charge in [0, 0.05) is 35.3 Å². The minimum atomic E-state index is -0.228. The normalized spacial score (nSPS) is 13.4. The molecule has 1 aliphatic rings. The maximum absolute atomic E-state index is 13.3. The quantitative estimate of drug-likeness (QED) is 0.362. The largest absolute Gasteiger partial charge is 0.486 e. The molecule has 0 N–H and O–H groups in total. The Morgan fingerprint density at radius 2 is 1.70 bits per heavy atom. The zero-order valence-corrected chi connectivity index (χ0v) is 20.1. The summed E-state index contributed by atoms with van der Waals surface area (Å²) in [7, 11) is 0. The first kappa shape index (κ1) is 21.5. The van der Waals surface area contributed by atoms with Crippen LogP contribution in [0.25, 0.3) is 39.4 Å². The molecular formula is C27H18N6O3S. The average Bonchev–Trinajstić information content (AvgIpc) is 3.64. The lowest BCUT2D eigenvalue weighted by molar-refractivity contribution is 0.171. The summed E-state index contributed by atoms with van der Waals surface area (Å²) >= 11 is 1.29. The van der Waals surface area contributed by atoms with Crippen LogP contribution in [-0.4, -0.2) is 42.6 Å². The average molecular weight is 507 g/mol. The minimum Gasteiger partial charge on any atom is -0.486 e. The van der Waals surface area contributed by atoms with Gasteiger partial charge in [-0.3, -0.25) is 9.78 Å². The number of rotatable bonds is 4. The molecule has 1 aliphatic heterocycles. The molecule has 2 aromatic carbocycles. The van der Waals surface area contributed by atoms with Crippen LogP contribution in [0.2, 0.25) is 0 Å². The van der Waals surface area contributed by atoms with Gasteiger partial charge in [0.1, 0.15) is 18.9 Å². The molecule has 0 unspecified atom stereocenters. The third-order valence-electron chi connectivity index (χ3n) is 5.99. The van der Waals surface area contributed by atoms with Gasteiger partial charge in [0.2, 0.25) is 4.96 Å². The van der Waals surface area contributed by atoms with E-state index in [4.69, 9.17) is 14.6 Å². The van der Waals surface area contributed by atoms with E-state index in [0.717, 1.165) is 28.1 Å².